The quantitative estimate of drug-likeness (QED) is 0.838. The molecule has 98 valence electrons. The lowest BCUT2D eigenvalue weighted by Crippen LogP contribution is -2.43. The van der Waals surface area contributed by atoms with Crippen molar-refractivity contribution in [2.45, 2.75) is 19.1 Å². The Bertz CT molecular complexity index is 451. The largest absolute Gasteiger partial charge is 0.378 e. The number of carbonyl (C=O) groups excluding carboxylic acids is 1. The van der Waals surface area contributed by atoms with Gasteiger partial charge in [-0.1, -0.05) is 12.1 Å². The molecule has 0 aliphatic carbocycles. The van der Waals surface area contributed by atoms with Crippen LogP contribution in [0, 0.1) is 12.7 Å². The molecule has 1 heterocycles. The van der Waals surface area contributed by atoms with Gasteiger partial charge in [-0.3, -0.25) is 4.79 Å². The molecule has 1 aromatic carbocycles. The van der Waals surface area contributed by atoms with Gasteiger partial charge in [0.1, 0.15) is 5.82 Å². The van der Waals surface area contributed by atoms with E-state index in [1.807, 2.05) is 0 Å². The molecule has 0 radical (unpaired) electrons. The Hall–Kier alpha value is -1.46. The topological polar surface area (TPSA) is 50.4 Å². The summed E-state index contributed by atoms with van der Waals surface area (Å²) in [6.07, 6.45) is -0.0678. The number of halogens is 1. The van der Waals surface area contributed by atoms with E-state index in [2.05, 4.69) is 10.6 Å². The number of carbonyl (C=O) groups is 1. The van der Waals surface area contributed by atoms with Crippen molar-refractivity contribution < 1.29 is 13.9 Å². The average molecular weight is 252 g/mol. The fraction of sp³-hybridized carbons (Fsp3) is 0.462. The van der Waals surface area contributed by atoms with Crippen molar-refractivity contribution >= 4 is 5.91 Å². The number of methoxy groups -OCH3 is 1. The lowest BCUT2D eigenvalue weighted by Gasteiger charge is -2.18. The molecule has 0 aromatic heterocycles. The van der Waals surface area contributed by atoms with Crippen LogP contribution in [0.15, 0.2) is 18.2 Å². The van der Waals surface area contributed by atoms with Crippen LogP contribution in [0.2, 0.25) is 0 Å². The highest BCUT2D eigenvalue weighted by molar-refractivity contribution is 5.94. The smallest absolute Gasteiger partial charge is 0.254 e. The number of amides is 1. The van der Waals surface area contributed by atoms with Crippen LogP contribution in [0.25, 0.3) is 0 Å². The van der Waals surface area contributed by atoms with E-state index in [1.165, 1.54) is 6.07 Å². The van der Waals surface area contributed by atoms with Gasteiger partial charge in [0.15, 0.2) is 0 Å². The summed E-state index contributed by atoms with van der Waals surface area (Å²) in [5, 5.41) is 5.92. The van der Waals surface area contributed by atoms with Crippen LogP contribution in [-0.4, -0.2) is 38.3 Å². The van der Waals surface area contributed by atoms with Crippen molar-refractivity contribution in [1.29, 1.82) is 0 Å². The molecule has 1 saturated heterocycles. The summed E-state index contributed by atoms with van der Waals surface area (Å²) in [5.74, 6) is -0.859. The van der Waals surface area contributed by atoms with E-state index in [9.17, 15) is 9.18 Å². The maximum Gasteiger partial charge on any atom is 0.254 e. The highest BCUT2D eigenvalue weighted by Crippen LogP contribution is 2.13. The van der Waals surface area contributed by atoms with Crippen molar-refractivity contribution in [3.05, 3.63) is 35.1 Å². The molecule has 18 heavy (non-hydrogen) atoms. The maximum atomic E-state index is 13.8. The molecule has 2 N–H and O–H groups in total. The van der Waals surface area contributed by atoms with Crippen LogP contribution in [0.3, 0.4) is 0 Å². The molecule has 2 rings (SSSR count). The summed E-state index contributed by atoms with van der Waals surface area (Å²) < 4.78 is 19.0. The summed E-state index contributed by atoms with van der Waals surface area (Å²) >= 11 is 0. The third-order valence-electron chi connectivity index (χ3n) is 3.21. The van der Waals surface area contributed by atoms with Gasteiger partial charge in [-0.25, -0.2) is 4.39 Å². The van der Waals surface area contributed by atoms with Gasteiger partial charge < -0.3 is 15.4 Å². The molecule has 1 unspecified atom stereocenters. The van der Waals surface area contributed by atoms with Crippen molar-refractivity contribution in [3.63, 3.8) is 0 Å². The van der Waals surface area contributed by atoms with E-state index in [4.69, 9.17) is 4.74 Å². The fourth-order valence-electron chi connectivity index (χ4n) is 2.12. The van der Waals surface area contributed by atoms with E-state index in [1.54, 1.807) is 26.2 Å². The SMILES string of the molecule is CO[C@H]1CNCC1NC(=O)c1cccc(C)c1F. The Labute approximate surface area is 106 Å². The van der Waals surface area contributed by atoms with E-state index >= 15 is 0 Å². The molecular formula is C13H17FN2O2. The standard InChI is InChI=1S/C13H17FN2O2/c1-8-4-3-5-9(12(8)14)13(17)16-10-6-15-7-11(10)18-2/h3-5,10-11,15H,6-7H2,1-2H3,(H,16,17)/t10?,11-/m0/s1. The lowest BCUT2D eigenvalue weighted by atomic mass is 10.1. The normalized spacial score (nSPS) is 23.1. The summed E-state index contributed by atoms with van der Waals surface area (Å²) in [7, 11) is 1.60. The minimum Gasteiger partial charge on any atom is -0.378 e. The zero-order chi connectivity index (χ0) is 13.1. The van der Waals surface area contributed by atoms with E-state index < -0.39 is 11.7 Å². The predicted octanol–water partition coefficient (Wildman–Crippen LogP) is 0.851. The van der Waals surface area contributed by atoms with E-state index in [0.29, 0.717) is 18.7 Å². The molecule has 1 aromatic rings. The first-order valence-electron chi connectivity index (χ1n) is 5.93. The number of aryl methyl sites for hydroxylation is 1. The zero-order valence-corrected chi connectivity index (χ0v) is 10.5. The summed E-state index contributed by atoms with van der Waals surface area (Å²) in [5.41, 5.74) is 0.548. The number of nitrogens with one attached hydrogen (secondary N) is 2. The van der Waals surface area contributed by atoms with E-state index in [-0.39, 0.29) is 17.7 Å². The molecule has 1 aliphatic heterocycles. The fourth-order valence-corrected chi connectivity index (χ4v) is 2.12. The van der Waals surface area contributed by atoms with Crippen molar-refractivity contribution in [2.24, 2.45) is 0 Å². The van der Waals surface area contributed by atoms with Gasteiger partial charge >= 0.3 is 0 Å². The molecule has 0 saturated carbocycles. The minimum atomic E-state index is -0.463. The second-order valence-electron chi connectivity index (χ2n) is 4.45. The van der Waals surface area contributed by atoms with Gasteiger partial charge in [0.05, 0.1) is 17.7 Å². The number of benzene rings is 1. The highest BCUT2D eigenvalue weighted by atomic mass is 19.1. The molecule has 1 aliphatic rings. The molecule has 5 heteroatoms. The average Bonchev–Trinajstić information content (AvgIpc) is 2.79. The van der Waals surface area contributed by atoms with Crippen LogP contribution < -0.4 is 10.6 Å². The first-order chi connectivity index (χ1) is 8.63. The summed E-state index contributed by atoms with van der Waals surface area (Å²) in [6.45, 7) is 2.97. The van der Waals surface area contributed by atoms with Gasteiger partial charge in [0, 0.05) is 20.2 Å². The third-order valence-corrected chi connectivity index (χ3v) is 3.21. The predicted molar refractivity (Wildman–Crippen MR) is 66.1 cm³/mol. The van der Waals surface area contributed by atoms with Gasteiger partial charge in [-0.2, -0.15) is 0 Å². The Balaban J connectivity index is 2.10. The van der Waals surface area contributed by atoms with Gasteiger partial charge in [0.2, 0.25) is 0 Å². The van der Waals surface area contributed by atoms with Crippen molar-refractivity contribution in [1.82, 2.24) is 10.6 Å². The Morgan fingerprint density at radius 1 is 1.50 bits per heavy atom. The lowest BCUT2D eigenvalue weighted by molar-refractivity contribution is 0.0777. The second kappa shape index (κ2) is 5.46. The van der Waals surface area contributed by atoms with Crippen molar-refractivity contribution in [2.75, 3.05) is 20.2 Å². The number of rotatable bonds is 3. The van der Waals surface area contributed by atoms with Gasteiger partial charge in [0.25, 0.3) is 5.91 Å². The molecular weight excluding hydrogens is 235 g/mol. The van der Waals surface area contributed by atoms with E-state index in [0.717, 1.165) is 0 Å². The number of hydrogen-bond acceptors (Lipinski definition) is 3. The molecule has 1 amide bonds. The summed E-state index contributed by atoms with van der Waals surface area (Å²) in [6, 6.07) is 4.68. The number of hydrogen-bond donors (Lipinski definition) is 2. The zero-order valence-electron chi connectivity index (χ0n) is 10.5. The van der Waals surface area contributed by atoms with Crippen molar-refractivity contribution in [3.8, 4) is 0 Å². The molecule has 2 atom stereocenters. The molecule has 0 bridgehead atoms. The molecule has 0 spiro atoms. The van der Waals surface area contributed by atoms with Crippen LogP contribution in [0.5, 0.6) is 0 Å². The summed E-state index contributed by atoms with van der Waals surface area (Å²) in [4.78, 5) is 12.0. The van der Waals surface area contributed by atoms with Crippen LogP contribution in [0.1, 0.15) is 15.9 Å². The third kappa shape index (κ3) is 2.52. The highest BCUT2D eigenvalue weighted by Gasteiger charge is 2.29. The van der Waals surface area contributed by atoms with Crippen LogP contribution >= 0.6 is 0 Å². The second-order valence-corrected chi connectivity index (χ2v) is 4.45. The number of ether oxygens (including phenoxy) is 1. The first kappa shape index (κ1) is 13.0. The van der Waals surface area contributed by atoms with Crippen LogP contribution in [0.4, 0.5) is 4.39 Å². The van der Waals surface area contributed by atoms with Crippen LogP contribution in [-0.2, 0) is 4.74 Å². The first-order valence-corrected chi connectivity index (χ1v) is 5.93. The molecule has 4 nitrogen and oxygen atoms in total. The molecule has 1 fully saturated rings. The van der Waals surface area contributed by atoms with Gasteiger partial charge in [-0.05, 0) is 18.6 Å². The minimum absolute atomic E-state index is 0.0678. The Morgan fingerprint density at radius 2 is 2.28 bits per heavy atom. The Morgan fingerprint density at radius 3 is 3.00 bits per heavy atom. The van der Waals surface area contributed by atoms with Gasteiger partial charge in [-0.15, -0.1) is 0 Å². The Kier molecular flexibility index (Phi) is 3.93. The monoisotopic (exact) mass is 252 g/mol. The maximum absolute atomic E-state index is 13.8.